The summed E-state index contributed by atoms with van der Waals surface area (Å²) in [6.07, 6.45) is 1.36. The number of rotatable bonds is 7. The molecule has 0 spiro atoms. The fourth-order valence-electron chi connectivity index (χ4n) is 2.41. The van der Waals surface area contributed by atoms with Crippen LogP contribution in [-0.4, -0.2) is 56.5 Å². The average Bonchev–Trinajstić information content (AvgIpc) is 2.98. The minimum absolute atomic E-state index is 0.0649. The Morgan fingerprint density at radius 1 is 1.33 bits per heavy atom. The Bertz CT molecular complexity index is 871. The van der Waals surface area contributed by atoms with Crippen LogP contribution in [0.3, 0.4) is 0 Å². The van der Waals surface area contributed by atoms with Gasteiger partial charge in [-0.05, 0) is 18.5 Å². The minimum atomic E-state index is -0.702. The number of halogens is 3. The van der Waals surface area contributed by atoms with Crippen molar-refractivity contribution < 1.29 is 13.5 Å². The summed E-state index contributed by atoms with van der Waals surface area (Å²) in [7, 11) is 1.47. The highest BCUT2D eigenvalue weighted by molar-refractivity contribution is 6.28. The highest BCUT2D eigenvalue weighted by Gasteiger charge is 2.22. The summed E-state index contributed by atoms with van der Waals surface area (Å²) in [6, 6.07) is 1.76. The van der Waals surface area contributed by atoms with Crippen LogP contribution < -0.4 is 10.6 Å². The molecule has 0 aliphatic carbocycles. The summed E-state index contributed by atoms with van der Waals surface area (Å²) in [5, 5.41) is 12.6. The molecule has 12 heteroatoms. The Balaban J connectivity index is 1.78. The molecule has 0 aromatic carbocycles. The molecule has 144 valence electrons. The van der Waals surface area contributed by atoms with Crippen molar-refractivity contribution in [3.8, 4) is 0 Å². The average molecular weight is 399 g/mol. The number of hydrogen-bond acceptors (Lipinski definition) is 8. The van der Waals surface area contributed by atoms with E-state index in [4.69, 9.17) is 16.3 Å². The van der Waals surface area contributed by atoms with Gasteiger partial charge in [0, 0.05) is 31.1 Å². The van der Waals surface area contributed by atoms with Gasteiger partial charge in [0.2, 0.25) is 17.2 Å². The third kappa shape index (κ3) is 5.11. The summed E-state index contributed by atoms with van der Waals surface area (Å²) in [4.78, 5) is 13.6. The zero-order chi connectivity index (χ0) is 19.4. The molecule has 3 heterocycles. The topological polar surface area (TPSA) is 104 Å². The Morgan fingerprint density at radius 3 is 2.78 bits per heavy atom. The highest BCUT2D eigenvalue weighted by Crippen LogP contribution is 2.20. The molecule has 0 radical (unpaired) electrons. The predicted octanol–water partition coefficient (Wildman–Crippen LogP) is 2.66. The summed E-state index contributed by atoms with van der Waals surface area (Å²) in [5.74, 6) is -0.543. The first-order chi connectivity index (χ1) is 12.9. The predicted molar refractivity (Wildman–Crippen MR) is 95.8 cm³/mol. The molecule has 3 N–H and O–H groups in total. The third-order valence-corrected chi connectivity index (χ3v) is 3.66. The maximum Gasteiger partial charge on any atom is 0.234 e. The molecule has 0 bridgehead atoms. The van der Waals surface area contributed by atoms with E-state index in [0.717, 1.165) is 11.8 Å². The molecule has 0 saturated carbocycles. The van der Waals surface area contributed by atoms with Crippen molar-refractivity contribution in [2.75, 3.05) is 30.9 Å². The fraction of sp³-hybridized carbons (Fsp3) is 0.333. The van der Waals surface area contributed by atoms with Crippen LogP contribution >= 0.6 is 11.6 Å². The monoisotopic (exact) mass is 398 g/mol. The first-order valence-electron chi connectivity index (χ1n) is 7.88. The van der Waals surface area contributed by atoms with Gasteiger partial charge in [-0.15, -0.1) is 0 Å². The second kappa shape index (κ2) is 8.27. The lowest BCUT2D eigenvalue weighted by molar-refractivity contribution is 0.129. The lowest BCUT2D eigenvalue weighted by Gasteiger charge is -2.31. The number of ether oxygens (including phenoxy) is 1. The van der Waals surface area contributed by atoms with Gasteiger partial charge in [-0.1, -0.05) is 0 Å². The van der Waals surface area contributed by atoms with Crippen LogP contribution in [0.1, 0.15) is 5.69 Å². The number of allylic oxidation sites excluding steroid dienone is 2. The Morgan fingerprint density at radius 2 is 2.11 bits per heavy atom. The number of H-pyrrole nitrogens is 1. The smallest absolute Gasteiger partial charge is 0.234 e. The zero-order valence-corrected chi connectivity index (χ0v) is 15.3. The molecule has 0 unspecified atom stereocenters. The standard InChI is InChI=1S/C15H17ClF2N8O/c1-8-3-11(25-24-8)19-14-21-13(16)22-15(23-14)20-12(7-27-2)26-5-9(17)4-10(18)6-26/h3-5,12H,6-7H2,1-2H3,(H3,19,20,21,22,23,24,25)/t12-/m1/s1. The number of nitrogens with zero attached hydrogens (tertiary/aromatic N) is 5. The van der Waals surface area contributed by atoms with Crippen molar-refractivity contribution in [1.29, 1.82) is 0 Å². The summed E-state index contributed by atoms with van der Waals surface area (Å²) in [5.41, 5.74) is 0.852. The van der Waals surface area contributed by atoms with Crippen LogP contribution in [0.25, 0.3) is 0 Å². The van der Waals surface area contributed by atoms with Gasteiger partial charge in [0.1, 0.15) is 17.8 Å². The highest BCUT2D eigenvalue weighted by atomic mass is 35.5. The van der Waals surface area contributed by atoms with Gasteiger partial charge < -0.3 is 20.3 Å². The maximum absolute atomic E-state index is 13.6. The van der Waals surface area contributed by atoms with Crippen LogP contribution in [0.4, 0.5) is 26.5 Å². The van der Waals surface area contributed by atoms with Crippen LogP contribution in [0.5, 0.6) is 0 Å². The summed E-state index contributed by atoms with van der Waals surface area (Å²) in [6.45, 7) is 1.84. The number of aromatic nitrogens is 5. The molecular weight excluding hydrogens is 382 g/mol. The van der Waals surface area contributed by atoms with Crippen LogP contribution in [0.15, 0.2) is 30.0 Å². The minimum Gasteiger partial charge on any atom is -0.381 e. The van der Waals surface area contributed by atoms with Gasteiger partial charge >= 0.3 is 0 Å². The number of methoxy groups -OCH3 is 1. The van der Waals surface area contributed by atoms with Crippen molar-refractivity contribution in [1.82, 2.24) is 30.0 Å². The third-order valence-electron chi connectivity index (χ3n) is 3.49. The molecule has 9 nitrogen and oxygen atoms in total. The molecule has 1 atom stereocenters. The second-order valence-electron chi connectivity index (χ2n) is 5.71. The van der Waals surface area contributed by atoms with Crippen LogP contribution in [0, 0.1) is 6.92 Å². The molecule has 3 rings (SSSR count). The summed E-state index contributed by atoms with van der Waals surface area (Å²) < 4.78 is 32.3. The first-order valence-corrected chi connectivity index (χ1v) is 8.26. The van der Waals surface area contributed by atoms with E-state index < -0.39 is 17.8 Å². The zero-order valence-electron chi connectivity index (χ0n) is 14.5. The van der Waals surface area contributed by atoms with E-state index in [1.165, 1.54) is 18.2 Å². The SMILES string of the molecule is COC[C@H](Nc1nc(Cl)nc(Nc2cc(C)[nH]n2)n1)N1C=C(F)C=C(F)C1. The Hall–Kier alpha value is -2.79. The van der Waals surface area contributed by atoms with E-state index in [-0.39, 0.29) is 30.3 Å². The Kier molecular flexibility index (Phi) is 5.81. The fourth-order valence-corrected chi connectivity index (χ4v) is 2.57. The van der Waals surface area contributed by atoms with Gasteiger partial charge in [-0.2, -0.15) is 20.1 Å². The number of anilines is 3. The van der Waals surface area contributed by atoms with Crippen molar-refractivity contribution in [3.63, 3.8) is 0 Å². The van der Waals surface area contributed by atoms with Gasteiger partial charge in [-0.3, -0.25) is 5.10 Å². The number of nitrogens with one attached hydrogen (secondary N) is 3. The molecule has 2 aromatic heterocycles. The van der Waals surface area contributed by atoms with Gasteiger partial charge in [0.25, 0.3) is 0 Å². The normalized spacial score (nSPS) is 15.2. The number of hydrogen-bond donors (Lipinski definition) is 3. The largest absolute Gasteiger partial charge is 0.381 e. The molecule has 1 aliphatic heterocycles. The van der Waals surface area contributed by atoms with Crippen molar-refractivity contribution >= 4 is 29.3 Å². The molecule has 0 amide bonds. The molecular formula is C15H17ClF2N8O. The number of aryl methyl sites for hydroxylation is 1. The van der Waals surface area contributed by atoms with Crippen molar-refractivity contribution in [3.05, 3.63) is 41.0 Å². The van der Waals surface area contributed by atoms with Crippen molar-refractivity contribution in [2.45, 2.75) is 13.1 Å². The lowest BCUT2D eigenvalue weighted by atomic mass is 10.3. The van der Waals surface area contributed by atoms with Gasteiger partial charge in [-0.25, -0.2) is 8.78 Å². The lowest BCUT2D eigenvalue weighted by Crippen LogP contribution is -2.43. The van der Waals surface area contributed by atoms with E-state index in [2.05, 4.69) is 35.8 Å². The van der Waals surface area contributed by atoms with Gasteiger partial charge in [0.15, 0.2) is 5.82 Å². The van der Waals surface area contributed by atoms with Crippen LogP contribution in [-0.2, 0) is 4.74 Å². The maximum atomic E-state index is 13.6. The first kappa shape index (κ1) is 19.0. The summed E-state index contributed by atoms with van der Waals surface area (Å²) >= 11 is 5.96. The molecule has 27 heavy (non-hydrogen) atoms. The Labute approximate surface area is 158 Å². The van der Waals surface area contributed by atoms with E-state index in [1.54, 1.807) is 6.07 Å². The number of aromatic amines is 1. The van der Waals surface area contributed by atoms with E-state index >= 15 is 0 Å². The van der Waals surface area contributed by atoms with E-state index in [9.17, 15) is 8.78 Å². The van der Waals surface area contributed by atoms with Gasteiger partial charge in [0.05, 0.1) is 13.2 Å². The quantitative estimate of drug-likeness (QED) is 0.654. The molecule has 0 fully saturated rings. The molecule has 2 aromatic rings. The van der Waals surface area contributed by atoms with Crippen LogP contribution in [0.2, 0.25) is 5.28 Å². The second-order valence-corrected chi connectivity index (χ2v) is 6.04. The van der Waals surface area contributed by atoms with Crippen molar-refractivity contribution in [2.24, 2.45) is 0 Å². The molecule has 1 aliphatic rings. The van der Waals surface area contributed by atoms with E-state index in [1.807, 2.05) is 6.92 Å². The molecule has 0 saturated heterocycles. The van der Waals surface area contributed by atoms with E-state index in [0.29, 0.717) is 5.82 Å².